The van der Waals surface area contributed by atoms with Crippen LogP contribution in [0.3, 0.4) is 0 Å². The molecular formula is C23H25N5O2. The quantitative estimate of drug-likeness (QED) is 0.430. The maximum Gasteiger partial charge on any atom is 0.226 e. The molecule has 0 N–H and O–H groups in total. The fraction of sp³-hybridized carbons (Fsp3) is 0.261. The van der Waals surface area contributed by atoms with E-state index in [9.17, 15) is 0 Å². The molecule has 4 rings (SSSR count). The van der Waals surface area contributed by atoms with E-state index in [-0.39, 0.29) is 5.92 Å². The number of nitrogens with zero attached hydrogens (tertiary/aromatic N) is 5. The highest BCUT2D eigenvalue weighted by atomic mass is 16.6. The van der Waals surface area contributed by atoms with Crippen molar-refractivity contribution in [3.8, 4) is 11.6 Å². The number of hydrogen-bond donors (Lipinski definition) is 0. The van der Waals surface area contributed by atoms with Gasteiger partial charge in [0.15, 0.2) is 0 Å². The van der Waals surface area contributed by atoms with Crippen molar-refractivity contribution in [1.82, 2.24) is 19.6 Å². The lowest BCUT2D eigenvalue weighted by atomic mass is 10.0. The van der Waals surface area contributed by atoms with E-state index in [1.54, 1.807) is 17.1 Å². The van der Waals surface area contributed by atoms with Gasteiger partial charge in [-0.15, -0.1) is 0 Å². The van der Waals surface area contributed by atoms with Crippen molar-refractivity contribution in [2.75, 3.05) is 6.61 Å². The third kappa shape index (κ3) is 4.51. The largest absolute Gasteiger partial charge is 0.439 e. The summed E-state index contributed by atoms with van der Waals surface area (Å²) in [5.74, 6) is 1.67. The van der Waals surface area contributed by atoms with Gasteiger partial charge in [-0.1, -0.05) is 35.0 Å². The van der Waals surface area contributed by atoms with Crippen LogP contribution in [0.5, 0.6) is 11.6 Å². The van der Waals surface area contributed by atoms with Gasteiger partial charge in [-0.2, -0.15) is 10.2 Å². The van der Waals surface area contributed by atoms with Crippen molar-refractivity contribution in [1.29, 1.82) is 0 Å². The zero-order valence-electron chi connectivity index (χ0n) is 17.4. The smallest absolute Gasteiger partial charge is 0.226 e. The van der Waals surface area contributed by atoms with E-state index in [0.29, 0.717) is 12.5 Å². The van der Waals surface area contributed by atoms with Gasteiger partial charge in [-0.3, -0.25) is 0 Å². The van der Waals surface area contributed by atoms with Crippen molar-refractivity contribution in [2.24, 2.45) is 18.1 Å². The van der Waals surface area contributed by atoms with Crippen molar-refractivity contribution in [3.05, 3.63) is 77.8 Å². The van der Waals surface area contributed by atoms with Crippen LogP contribution in [0.1, 0.15) is 23.2 Å². The van der Waals surface area contributed by atoms with Gasteiger partial charge in [0.25, 0.3) is 0 Å². The number of ether oxygens (including phenoxy) is 1. The molecule has 3 aromatic rings. The average molecular weight is 403 g/mol. The Morgan fingerprint density at radius 3 is 2.77 bits per heavy atom. The number of hydrogen-bond acceptors (Lipinski definition) is 5. The molecule has 0 saturated carbocycles. The zero-order chi connectivity index (χ0) is 20.9. The monoisotopic (exact) mass is 403 g/mol. The molecule has 0 radical (unpaired) electrons. The van der Waals surface area contributed by atoms with Crippen LogP contribution < -0.4 is 4.74 Å². The first kappa shape index (κ1) is 19.7. The molecule has 0 aliphatic heterocycles. The lowest BCUT2D eigenvalue weighted by molar-refractivity contribution is 0.123. The highest BCUT2D eigenvalue weighted by Crippen LogP contribution is 2.26. The minimum Gasteiger partial charge on any atom is -0.439 e. The van der Waals surface area contributed by atoms with Crippen LogP contribution >= 0.6 is 0 Å². The van der Waals surface area contributed by atoms with Gasteiger partial charge in [0.05, 0.1) is 23.2 Å². The van der Waals surface area contributed by atoms with Gasteiger partial charge < -0.3 is 9.57 Å². The van der Waals surface area contributed by atoms with Gasteiger partial charge >= 0.3 is 0 Å². The molecule has 30 heavy (non-hydrogen) atoms. The molecule has 1 aromatic carbocycles. The van der Waals surface area contributed by atoms with Crippen molar-refractivity contribution in [2.45, 2.75) is 20.3 Å². The van der Waals surface area contributed by atoms with Gasteiger partial charge in [0.1, 0.15) is 12.4 Å². The lowest BCUT2D eigenvalue weighted by Gasteiger charge is -2.14. The summed E-state index contributed by atoms with van der Waals surface area (Å²) in [6, 6.07) is 9.82. The molecule has 0 bridgehead atoms. The van der Waals surface area contributed by atoms with Crippen LogP contribution in [0.15, 0.2) is 66.1 Å². The Balaban J connectivity index is 1.35. The van der Waals surface area contributed by atoms with E-state index in [1.807, 2.05) is 62.1 Å². The minimum absolute atomic E-state index is 0.278. The van der Waals surface area contributed by atoms with Crippen LogP contribution in [0, 0.1) is 19.8 Å². The Kier molecular flexibility index (Phi) is 5.79. The molecular weight excluding hydrogens is 378 g/mol. The lowest BCUT2D eigenvalue weighted by Crippen LogP contribution is -2.08. The summed E-state index contributed by atoms with van der Waals surface area (Å²) < 4.78 is 9.60. The number of benzene rings is 1. The molecule has 2 aromatic heterocycles. The molecule has 0 amide bonds. The van der Waals surface area contributed by atoms with Crippen LogP contribution in [0.2, 0.25) is 0 Å². The van der Waals surface area contributed by atoms with E-state index in [2.05, 4.69) is 33.6 Å². The first-order valence-corrected chi connectivity index (χ1v) is 9.92. The topological polar surface area (TPSA) is 66.5 Å². The summed E-state index contributed by atoms with van der Waals surface area (Å²) in [5, 5.41) is 12.9. The predicted molar refractivity (Wildman–Crippen MR) is 116 cm³/mol. The third-order valence-electron chi connectivity index (χ3n) is 4.93. The van der Waals surface area contributed by atoms with Crippen molar-refractivity contribution >= 4 is 11.9 Å². The fourth-order valence-electron chi connectivity index (χ4n) is 3.24. The van der Waals surface area contributed by atoms with Crippen molar-refractivity contribution in [3.63, 3.8) is 0 Å². The van der Waals surface area contributed by atoms with Crippen LogP contribution in [-0.2, 0) is 11.9 Å². The summed E-state index contributed by atoms with van der Waals surface area (Å²) in [6.45, 7) is 4.47. The Bertz CT molecular complexity index is 1080. The maximum atomic E-state index is 6.04. The maximum absolute atomic E-state index is 6.04. The second-order valence-electron chi connectivity index (χ2n) is 7.31. The SMILES string of the molecule is Cc1ccc(Oc2c(/C=N/OCC3C=CC(n4cccn4)=CC3)c(C)nn2C)cc1. The number of rotatable bonds is 7. The second-order valence-corrected chi connectivity index (χ2v) is 7.31. The molecule has 1 atom stereocenters. The predicted octanol–water partition coefficient (Wildman–Crippen LogP) is 4.49. The van der Waals surface area contributed by atoms with Gasteiger partial charge in [0.2, 0.25) is 5.88 Å². The van der Waals surface area contributed by atoms with Gasteiger partial charge in [0, 0.05) is 25.4 Å². The Hall–Kier alpha value is -3.61. The Labute approximate surface area is 175 Å². The van der Waals surface area contributed by atoms with E-state index in [0.717, 1.165) is 29.1 Å². The standard InChI is InChI=1S/C23H25N5O2/c1-17-5-11-21(12-6-17)30-23-22(18(2)26-27(23)3)15-25-29-16-19-7-9-20(10-8-19)28-14-4-13-24-28/h4-7,9-15,19H,8,16H2,1-3H3/b25-15+. The first-order valence-electron chi connectivity index (χ1n) is 9.92. The van der Waals surface area contributed by atoms with E-state index < -0.39 is 0 Å². The summed E-state index contributed by atoms with van der Waals surface area (Å²) in [4.78, 5) is 5.56. The zero-order valence-corrected chi connectivity index (χ0v) is 17.4. The molecule has 0 fully saturated rings. The van der Waals surface area contributed by atoms with Crippen molar-refractivity contribution < 1.29 is 9.57 Å². The summed E-state index contributed by atoms with van der Waals surface area (Å²) in [7, 11) is 1.85. The average Bonchev–Trinajstić information content (AvgIpc) is 3.37. The molecule has 2 heterocycles. The number of aromatic nitrogens is 4. The molecule has 7 nitrogen and oxygen atoms in total. The summed E-state index contributed by atoms with van der Waals surface area (Å²) >= 11 is 0. The van der Waals surface area contributed by atoms with Crippen LogP contribution in [0.25, 0.3) is 5.70 Å². The Morgan fingerprint density at radius 2 is 2.07 bits per heavy atom. The van der Waals surface area contributed by atoms with E-state index >= 15 is 0 Å². The van der Waals surface area contributed by atoms with Gasteiger partial charge in [-0.05, 0) is 44.5 Å². The molecule has 1 aliphatic rings. The molecule has 154 valence electrons. The minimum atomic E-state index is 0.278. The number of oxime groups is 1. The molecule has 7 heteroatoms. The second kappa shape index (κ2) is 8.82. The molecule has 0 saturated heterocycles. The van der Waals surface area contributed by atoms with Gasteiger partial charge in [-0.25, -0.2) is 9.36 Å². The van der Waals surface area contributed by atoms with E-state index in [1.165, 1.54) is 5.56 Å². The molecule has 0 spiro atoms. The highest BCUT2D eigenvalue weighted by molar-refractivity contribution is 5.84. The fourth-order valence-corrected chi connectivity index (χ4v) is 3.24. The Morgan fingerprint density at radius 1 is 1.23 bits per heavy atom. The summed E-state index contributed by atoms with van der Waals surface area (Å²) in [6.07, 6.45) is 12.6. The summed E-state index contributed by atoms with van der Waals surface area (Å²) in [5.41, 5.74) is 3.89. The first-order chi connectivity index (χ1) is 14.6. The number of allylic oxidation sites excluding steroid dienone is 3. The third-order valence-corrected chi connectivity index (χ3v) is 4.93. The molecule has 1 unspecified atom stereocenters. The highest BCUT2D eigenvalue weighted by Gasteiger charge is 2.15. The normalized spacial score (nSPS) is 16.1. The molecule has 1 aliphatic carbocycles. The van der Waals surface area contributed by atoms with Crippen LogP contribution in [0.4, 0.5) is 0 Å². The number of aryl methyl sites for hydroxylation is 3. The van der Waals surface area contributed by atoms with Crippen LogP contribution in [-0.4, -0.2) is 32.4 Å². The van der Waals surface area contributed by atoms with E-state index in [4.69, 9.17) is 9.57 Å².